The van der Waals surface area contributed by atoms with Gasteiger partial charge < -0.3 is 48.8 Å². The predicted octanol–water partition coefficient (Wildman–Crippen LogP) is 18.5. The molecular weight excluding hydrogens is 1630 g/mol. The van der Waals surface area contributed by atoms with Crippen LogP contribution in [0.2, 0.25) is 0 Å². The van der Waals surface area contributed by atoms with Crippen molar-refractivity contribution < 1.29 is 33.5 Å². The molecule has 2 unspecified atom stereocenters. The van der Waals surface area contributed by atoms with Crippen LogP contribution in [0.5, 0.6) is 0 Å². The van der Waals surface area contributed by atoms with Gasteiger partial charge in [0.2, 0.25) is 0 Å². The average molecular weight is 1830 g/mol. The fourth-order valence-electron chi connectivity index (χ4n) is 26.5. The van der Waals surface area contributed by atoms with E-state index in [0.717, 1.165) is 290 Å². The highest BCUT2D eigenvalue weighted by Gasteiger charge is 2.56. The number of likely N-dealkylation sites (tertiary alicyclic amines) is 7. The quantitative estimate of drug-likeness (QED) is 0.0584. The number of rotatable bonds is 36. The average Bonchev–Trinajstić information content (AvgIpc) is 0.780. The number of Topliss-reactive ketones (excluding diaryl/α,β-unsaturated/α-hetero) is 5. The van der Waals surface area contributed by atoms with Gasteiger partial charge in [-0.05, 0) is 365 Å². The van der Waals surface area contributed by atoms with Crippen LogP contribution in [0.3, 0.4) is 0 Å². The Labute approximate surface area is 804 Å². The van der Waals surface area contributed by atoms with Crippen LogP contribution in [0.1, 0.15) is 341 Å². The number of piperidine rings is 10. The van der Waals surface area contributed by atoms with Crippen molar-refractivity contribution in [2.45, 2.75) is 394 Å². The minimum atomic E-state index is -0.460. The highest BCUT2D eigenvalue weighted by molar-refractivity contribution is 5.87. The number of amides is 1. The number of ether oxygens (including phenoxy) is 1. The smallest absolute Gasteiger partial charge is 0.410 e. The molecule has 0 aromatic heterocycles. The summed E-state index contributed by atoms with van der Waals surface area (Å²) in [5, 5.41) is 0. The van der Waals surface area contributed by atoms with Gasteiger partial charge in [-0.1, -0.05) is 76.2 Å². The Balaban J connectivity index is 0.000000171. The van der Waals surface area contributed by atoms with E-state index in [-0.39, 0.29) is 50.8 Å². The zero-order valence-corrected chi connectivity index (χ0v) is 90.1. The summed E-state index contributed by atoms with van der Waals surface area (Å²) in [6.45, 7) is 89.5. The number of carbonyl (C=O) groups is 6. The molecule has 20 nitrogen and oxygen atoms in total. The van der Waals surface area contributed by atoms with Gasteiger partial charge in [-0.2, -0.15) is 0 Å². The molecule has 0 aromatic rings. The summed E-state index contributed by atoms with van der Waals surface area (Å²) >= 11 is 0. The maximum atomic E-state index is 13.5. The molecule has 15 aliphatic heterocycles. The molecule has 17 fully saturated rings. The lowest BCUT2D eigenvalue weighted by Gasteiger charge is -2.61. The summed E-state index contributed by atoms with van der Waals surface area (Å²) in [7, 11) is 2.21. The first-order chi connectivity index (χ1) is 61.5. The van der Waals surface area contributed by atoms with Crippen LogP contribution in [-0.2, 0) is 28.7 Å². The van der Waals surface area contributed by atoms with Crippen molar-refractivity contribution >= 4 is 35.0 Å². The molecule has 17 rings (SSSR count). The van der Waals surface area contributed by atoms with E-state index in [2.05, 4.69) is 225 Å². The Kier molecular flexibility index (Phi) is 40.4. The molecular formula is C111H205N13O7. The topological polar surface area (TPSA) is 154 Å². The van der Waals surface area contributed by atoms with E-state index in [0.29, 0.717) is 101 Å². The highest BCUT2D eigenvalue weighted by Crippen LogP contribution is 2.49. The number of carbonyl (C=O) groups excluding carboxylic acids is 6. The first-order valence-corrected chi connectivity index (χ1v) is 54.9. The lowest BCUT2D eigenvalue weighted by Crippen LogP contribution is -2.72. The maximum Gasteiger partial charge on any atom is 0.410 e. The third kappa shape index (κ3) is 30.3. The van der Waals surface area contributed by atoms with Gasteiger partial charge in [-0.25, -0.2) is 4.79 Å². The van der Waals surface area contributed by atoms with Crippen LogP contribution < -0.4 is 0 Å². The first-order valence-electron chi connectivity index (χ1n) is 54.9. The summed E-state index contributed by atoms with van der Waals surface area (Å²) in [6, 6.07) is 3.39. The molecule has 756 valence electrons. The third-order valence-corrected chi connectivity index (χ3v) is 35.2. The van der Waals surface area contributed by atoms with E-state index in [9.17, 15) is 28.8 Å². The van der Waals surface area contributed by atoms with Gasteiger partial charge in [0.05, 0.1) is 12.1 Å². The van der Waals surface area contributed by atoms with Gasteiger partial charge in [0, 0.05) is 218 Å². The van der Waals surface area contributed by atoms with Gasteiger partial charge in [-0.15, -0.1) is 0 Å². The Morgan fingerprint density at radius 2 is 0.573 bits per heavy atom. The fourth-order valence-corrected chi connectivity index (χ4v) is 26.5. The lowest BCUT2D eigenvalue weighted by molar-refractivity contribution is -0.145. The number of piperazine rings is 2. The SMILES string of the molecule is CC(C)CCC(=O)C1(CN2CC3(CN(C)C3)C2)CCN(C(C)C)CC1.CC(C)CCC(=O)C1(CN2CC3CC(C2)N3C(=O)OC(C)(C)C)CCN(C(C)C)CC1.CC(C)CCC(=O)C1(CN2CC3CC(C3)C2)CCN(C(C)C)CC1.CC(C)CCC(=O)C1(CN2CC3CC(C3)C2)CCN(C(C)C)CC1.CCN1CCN(CC2(C(=O)CCC(C)C)CCN(C(C)C)CC2)CC1(C)C. The molecule has 0 radical (unpaired) electrons. The number of fused-ring (bicyclic) bond motifs is 6. The molecule has 15 heterocycles. The summed E-state index contributed by atoms with van der Waals surface area (Å²) in [4.78, 5) is 112. The van der Waals surface area contributed by atoms with Crippen molar-refractivity contribution in [1.29, 1.82) is 0 Å². The molecule has 20 heteroatoms. The van der Waals surface area contributed by atoms with Crippen molar-refractivity contribution in [3.05, 3.63) is 0 Å². The molecule has 2 saturated carbocycles. The second kappa shape index (κ2) is 48.1. The number of hydrogen-bond acceptors (Lipinski definition) is 19. The van der Waals surface area contributed by atoms with E-state index in [1.807, 2.05) is 25.7 Å². The minimum absolute atomic E-state index is 0.0515. The van der Waals surface area contributed by atoms with Gasteiger partial charge in [0.15, 0.2) is 0 Å². The molecule has 0 aromatic carbocycles. The van der Waals surface area contributed by atoms with Crippen molar-refractivity contribution in [2.75, 3.05) is 197 Å². The standard InChI is InChI=1S/C25H45N3O3.C23H45N3O.C21H39N3O.2C21H38N2O/c1-18(2)8-9-22(29)25(10-12-27(13-11-25)19(3)4)17-26-15-20-14-21(16-26)28(20)23(30)31-24(5,6)7;1-8-26-16-15-24(17-22(26,6)7)18-23(21(27)10-9-19(2)3)11-13-25(14-12-23)20(4)5;1-17(2)6-7-19(25)21(8-10-24(11-9-21)18(3)4)16-23-14-20(15-23)12-22(5)13-20;2*1-16(2)5-6-20(24)21(7-9-23(10-8-21)17(3)4)15-22-13-18-11-19(12-18)14-22/h18-21H,8-17H2,1-7H3;19-20H,8-18H2,1-7H3;17-18H,6-16H2,1-5H3;2*16-19H,5-15H2,1-4H3. The predicted molar refractivity (Wildman–Crippen MR) is 543 cm³/mol. The van der Waals surface area contributed by atoms with E-state index in [1.165, 1.54) is 78.0 Å². The fraction of sp³-hybridized carbons (Fsp3) is 0.946. The maximum absolute atomic E-state index is 13.5. The van der Waals surface area contributed by atoms with Gasteiger partial charge in [0.1, 0.15) is 34.5 Å². The molecule has 1 spiro atoms. The molecule has 17 aliphatic rings. The van der Waals surface area contributed by atoms with Crippen LogP contribution in [-0.4, -0.2) is 349 Å². The Hall–Kier alpha value is -2.86. The van der Waals surface area contributed by atoms with Gasteiger partial charge >= 0.3 is 6.09 Å². The first kappa shape index (κ1) is 110. The zero-order valence-electron chi connectivity index (χ0n) is 90.1. The largest absolute Gasteiger partial charge is 0.444 e. The number of nitrogens with zero attached hydrogens (tertiary/aromatic N) is 13. The van der Waals surface area contributed by atoms with Crippen molar-refractivity contribution in [2.24, 2.45) is 85.8 Å². The molecule has 15 saturated heterocycles. The van der Waals surface area contributed by atoms with Crippen LogP contribution in [0.15, 0.2) is 0 Å². The Morgan fingerprint density at radius 3 is 0.802 bits per heavy atom. The summed E-state index contributed by atoms with van der Waals surface area (Å²) < 4.78 is 5.62. The Bertz CT molecular complexity index is 3380. The highest BCUT2D eigenvalue weighted by atomic mass is 16.6. The molecule has 0 N–H and O–H groups in total. The number of ketones is 5. The number of hydrogen-bond donors (Lipinski definition) is 0. The summed E-state index contributed by atoms with van der Waals surface area (Å²) in [6.07, 6.45) is 26.1. The monoisotopic (exact) mass is 1830 g/mol. The normalized spacial score (nSPS) is 27.7. The second-order valence-electron chi connectivity index (χ2n) is 51.7. The van der Waals surface area contributed by atoms with Gasteiger partial charge in [-0.3, -0.25) is 43.6 Å². The van der Waals surface area contributed by atoms with Gasteiger partial charge in [0.25, 0.3) is 0 Å². The minimum Gasteiger partial charge on any atom is -0.444 e. The molecule has 2 atom stereocenters. The second-order valence-corrected chi connectivity index (χ2v) is 51.7. The van der Waals surface area contributed by atoms with E-state index in [4.69, 9.17) is 4.74 Å². The zero-order chi connectivity index (χ0) is 96.1. The summed E-state index contributed by atoms with van der Waals surface area (Å²) in [5.74, 6) is 9.46. The molecule has 1 amide bonds. The van der Waals surface area contributed by atoms with E-state index in [1.54, 1.807) is 0 Å². The van der Waals surface area contributed by atoms with Crippen molar-refractivity contribution in [3.8, 4) is 0 Å². The van der Waals surface area contributed by atoms with E-state index >= 15 is 0 Å². The summed E-state index contributed by atoms with van der Waals surface area (Å²) in [5.41, 5.74) is -0.210. The van der Waals surface area contributed by atoms with E-state index < -0.39 is 5.60 Å². The van der Waals surface area contributed by atoms with Crippen LogP contribution in [0.4, 0.5) is 4.79 Å². The molecule has 131 heavy (non-hydrogen) atoms. The molecule has 6 bridgehead atoms. The Morgan fingerprint density at radius 1 is 0.321 bits per heavy atom. The molecule has 2 aliphatic carbocycles. The number of likely N-dealkylation sites (N-methyl/N-ethyl adjacent to an activating group) is 1. The van der Waals surface area contributed by atoms with Crippen LogP contribution in [0, 0.1) is 85.8 Å². The lowest BCUT2D eigenvalue weighted by atomic mass is 9.68. The van der Waals surface area contributed by atoms with Crippen molar-refractivity contribution in [1.82, 2.24) is 63.7 Å². The van der Waals surface area contributed by atoms with Crippen LogP contribution in [0.25, 0.3) is 0 Å². The third-order valence-electron chi connectivity index (χ3n) is 35.2. The van der Waals surface area contributed by atoms with Crippen molar-refractivity contribution in [3.63, 3.8) is 0 Å². The van der Waals surface area contributed by atoms with Crippen LogP contribution >= 0.6 is 0 Å².